The van der Waals surface area contributed by atoms with E-state index >= 15 is 0 Å². The van der Waals surface area contributed by atoms with E-state index < -0.39 is 17.7 Å². The second-order valence-electron chi connectivity index (χ2n) is 4.94. The zero-order valence-corrected chi connectivity index (χ0v) is 13.9. The molecule has 0 amide bonds. The van der Waals surface area contributed by atoms with E-state index in [0.717, 1.165) is 0 Å². The summed E-state index contributed by atoms with van der Waals surface area (Å²) in [7, 11) is 1.20. The summed E-state index contributed by atoms with van der Waals surface area (Å²) in [6.45, 7) is 0. The Morgan fingerprint density at radius 3 is 2.64 bits per heavy atom. The highest BCUT2D eigenvalue weighted by molar-refractivity contribution is 6.38. The Morgan fingerprint density at radius 1 is 1.28 bits per heavy atom. The maximum Gasteiger partial charge on any atom is 0.419 e. The van der Waals surface area contributed by atoms with Gasteiger partial charge in [0, 0.05) is 23.3 Å². The number of nitrogens with zero attached hydrogens (tertiary/aromatic N) is 2. The summed E-state index contributed by atoms with van der Waals surface area (Å²) in [6.07, 6.45) is -2.74. The summed E-state index contributed by atoms with van der Waals surface area (Å²) in [5.41, 5.74) is -0.930. The van der Waals surface area contributed by atoms with Crippen LogP contribution in [-0.2, 0) is 10.9 Å². The van der Waals surface area contributed by atoms with Crippen LogP contribution in [0.3, 0.4) is 0 Å². The molecule has 0 aliphatic heterocycles. The lowest BCUT2D eigenvalue weighted by Crippen LogP contribution is -2.09. The van der Waals surface area contributed by atoms with Crippen molar-refractivity contribution >= 4 is 40.1 Å². The fraction of sp³-hybridized carbons (Fsp3) is 0.133. The summed E-state index contributed by atoms with van der Waals surface area (Å²) < 4.78 is 44.4. The Hall–Kier alpha value is -2.32. The molecule has 0 bridgehead atoms. The van der Waals surface area contributed by atoms with E-state index in [4.69, 9.17) is 23.2 Å². The largest absolute Gasteiger partial charge is 0.465 e. The molecule has 1 N–H and O–H groups in total. The highest BCUT2D eigenvalue weighted by atomic mass is 35.5. The lowest BCUT2D eigenvalue weighted by Gasteiger charge is -2.11. The third-order valence-electron chi connectivity index (χ3n) is 3.52. The van der Waals surface area contributed by atoms with Crippen molar-refractivity contribution in [2.24, 2.45) is 0 Å². The number of rotatable bonds is 2. The van der Waals surface area contributed by atoms with Gasteiger partial charge >= 0.3 is 12.1 Å². The predicted molar refractivity (Wildman–Crippen MR) is 85.7 cm³/mol. The first-order valence-corrected chi connectivity index (χ1v) is 7.47. The Kier molecular flexibility index (Phi) is 4.34. The number of hydrogen-bond acceptors (Lipinski definition) is 4. The van der Waals surface area contributed by atoms with Crippen molar-refractivity contribution in [2.45, 2.75) is 6.18 Å². The van der Waals surface area contributed by atoms with Crippen LogP contribution in [0.15, 0.2) is 24.5 Å². The smallest absolute Gasteiger partial charge is 0.419 e. The van der Waals surface area contributed by atoms with Crippen LogP contribution in [0.4, 0.5) is 13.2 Å². The van der Waals surface area contributed by atoms with Gasteiger partial charge < -0.3 is 9.72 Å². The number of fused-ring (bicyclic) bond motifs is 1. The minimum Gasteiger partial charge on any atom is -0.465 e. The van der Waals surface area contributed by atoms with Crippen LogP contribution in [0.5, 0.6) is 0 Å². The summed E-state index contributed by atoms with van der Waals surface area (Å²) in [5, 5.41) is 0.0526. The molecule has 0 aliphatic rings. The quantitative estimate of drug-likeness (QED) is 0.507. The van der Waals surface area contributed by atoms with Crippen molar-refractivity contribution in [3.8, 4) is 11.3 Å². The third kappa shape index (κ3) is 3.03. The second kappa shape index (κ2) is 6.20. The summed E-state index contributed by atoms with van der Waals surface area (Å²) >= 11 is 11.8. The standard InChI is InChI=1S/C15H8Cl2F3N3O2/c1-25-13(24)7-3-2-6-8(4-21-12(6)10(7)16)11-9(15(18,19)20)5-22-14(17)23-11/h2-5,21H,1H3. The van der Waals surface area contributed by atoms with E-state index in [9.17, 15) is 18.0 Å². The lowest BCUT2D eigenvalue weighted by molar-refractivity contribution is -0.137. The molecule has 0 unspecified atom stereocenters. The monoisotopic (exact) mass is 389 g/mol. The minimum absolute atomic E-state index is 0.0318. The number of carbonyl (C=O) groups is 1. The molecule has 3 rings (SSSR count). The SMILES string of the molecule is COC(=O)c1ccc2c(-c3nc(Cl)ncc3C(F)(F)F)c[nH]c2c1Cl. The Labute approximate surface area is 148 Å². The summed E-state index contributed by atoms with van der Waals surface area (Å²) in [5.74, 6) is -0.663. The van der Waals surface area contributed by atoms with Crippen molar-refractivity contribution in [1.29, 1.82) is 0 Å². The first-order valence-electron chi connectivity index (χ1n) is 6.72. The molecule has 3 aromatic rings. The van der Waals surface area contributed by atoms with Gasteiger partial charge in [-0.05, 0) is 17.7 Å². The average Bonchev–Trinajstić information content (AvgIpc) is 2.98. The fourth-order valence-corrected chi connectivity index (χ4v) is 2.83. The number of nitrogens with one attached hydrogen (secondary N) is 1. The molecule has 0 saturated carbocycles. The number of alkyl halides is 3. The van der Waals surface area contributed by atoms with Crippen molar-refractivity contribution in [2.75, 3.05) is 7.11 Å². The molecule has 1 aromatic carbocycles. The third-order valence-corrected chi connectivity index (χ3v) is 4.09. The number of hydrogen-bond donors (Lipinski definition) is 1. The number of aromatic amines is 1. The molecule has 2 heterocycles. The number of H-pyrrole nitrogens is 1. The van der Waals surface area contributed by atoms with Gasteiger partial charge in [-0.25, -0.2) is 14.8 Å². The fourth-order valence-electron chi connectivity index (χ4n) is 2.40. The number of benzene rings is 1. The van der Waals surface area contributed by atoms with Gasteiger partial charge in [0.2, 0.25) is 5.28 Å². The normalized spacial score (nSPS) is 11.8. The number of methoxy groups -OCH3 is 1. The van der Waals surface area contributed by atoms with Gasteiger partial charge in [-0.1, -0.05) is 17.7 Å². The van der Waals surface area contributed by atoms with E-state index in [1.54, 1.807) is 0 Å². The van der Waals surface area contributed by atoms with E-state index in [0.29, 0.717) is 11.6 Å². The Morgan fingerprint density at radius 2 is 2.00 bits per heavy atom. The lowest BCUT2D eigenvalue weighted by atomic mass is 10.0. The second-order valence-corrected chi connectivity index (χ2v) is 5.66. The Balaban J connectivity index is 2.27. The van der Waals surface area contributed by atoms with E-state index in [1.165, 1.54) is 25.4 Å². The topological polar surface area (TPSA) is 67.9 Å². The molecule has 25 heavy (non-hydrogen) atoms. The first kappa shape index (κ1) is 17.5. The van der Waals surface area contributed by atoms with Crippen LogP contribution >= 0.6 is 23.2 Å². The van der Waals surface area contributed by atoms with Crippen LogP contribution in [0.1, 0.15) is 15.9 Å². The van der Waals surface area contributed by atoms with Crippen molar-refractivity contribution < 1.29 is 22.7 Å². The number of esters is 1. The van der Waals surface area contributed by atoms with Gasteiger partial charge in [-0.15, -0.1) is 0 Å². The number of halogens is 5. The van der Waals surface area contributed by atoms with Crippen molar-refractivity contribution in [3.05, 3.63) is 46.0 Å². The van der Waals surface area contributed by atoms with Crippen molar-refractivity contribution in [3.63, 3.8) is 0 Å². The van der Waals surface area contributed by atoms with Crippen LogP contribution in [-0.4, -0.2) is 28.0 Å². The maximum atomic E-state index is 13.2. The zero-order valence-electron chi connectivity index (χ0n) is 12.4. The summed E-state index contributed by atoms with van der Waals surface area (Å²) in [4.78, 5) is 21.6. The van der Waals surface area contributed by atoms with E-state index in [-0.39, 0.29) is 32.6 Å². The molecule has 0 aliphatic carbocycles. The van der Waals surface area contributed by atoms with Gasteiger partial charge in [0.1, 0.15) is 5.56 Å². The molecule has 0 radical (unpaired) electrons. The summed E-state index contributed by atoms with van der Waals surface area (Å²) in [6, 6.07) is 2.82. The molecule has 5 nitrogen and oxygen atoms in total. The molecule has 130 valence electrons. The van der Waals surface area contributed by atoms with Gasteiger partial charge in [-0.2, -0.15) is 13.2 Å². The number of carbonyl (C=O) groups excluding carboxylic acids is 1. The van der Waals surface area contributed by atoms with Crippen LogP contribution in [0, 0.1) is 0 Å². The molecule has 0 spiro atoms. The van der Waals surface area contributed by atoms with Gasteiger partial charge in [0.05, 0.1) is 28.9 Å². The highest BCUT2D eigenvalue weighted by Gasteiger charge is 2.36. The van der Waals surface area contributed by atoms with Crippen LogP contribution < -0.4 is 0 Å². The maximum absolute atomic E-state index is 13.2. The molecular formula is C15H8Cl2F3N3O2. The van der Waals surface area contributed by atoms with Gasteiger partial charge in [0.25, 0.3) is 0 Å². The van der Waals surface area contributed by atoms with Crippen LogP contribution in [0.25, 0.3) is 22.2 Å². The van der Waals surface area contributed by atoms with E-state index in [2.05, 4.69) is 19.7 Å². The minimum atomic E-state index is -4.67. The average molecular weight is 390 g/mol. The van der Waals surface area contributed by atoms with Crippen LogP contribution in [0.2, 0.25) is 10.3 Å². The Bertz CT molecular complexity index is 986. The molecular weight excluding hydrogens is 382 g/mol. The van der Waals surface area contributed by atoms with Gasteiger partial charge in [0.15, 0.2) is 0 Å². The highest BCUT2D eigenvalue weighted by Crippen LogP contribution is 2.40. The zero-order chi connectivity index (χ0) is 18.4. The first-order chi connectivity index (χ1) is 11.7. The molecule has 10 heteroatoms. The number of aromatic nitrogens is 3. The molecule has 0 saturated heterocycles. The van der Waals surface area contributed by atoms with E-state index in [1.807, 2.05) is 0 Å². The van der Waals surface area contributed by atoms with Crippen molar-refractivity contribution in [1.82, 2.24) is 15.0 Å². The van der Waals surface area contributed by atoms with Gasteiger partial charge in [-0.3, -0.25) is 0 Å². The molecule has 0 fully saturated rings. The predicted octanol–water partition coefficient (Wildman–Crippen LogP) is 4.74. The molecule has 2 aromatic heterocycles. The molecule has 0 atom stereocenters. The number of ether oxygens (including phenoxy) is 1.